The maximum Gasteiger partial charge on any atom is 0.257 e. The summed E-state index contributed by atoms with van der Waals surface area (Å²) in [7, 11) is 0. The van der Waals surface area contributed by atoms with E-state index in [4.69, 9.17) is 0 Å². The second-order valence-electron chi connectivity index (χ2n) is 6.27. The van der Waals surface area contributed by atoms with Gasteiger partial charge in [0, 0.05) is 17.6 Å². The van der Waals surface area contributed by atoms with E-state index in [-0.39, 0.29) is 25.0 Å². The van der Waals surface area contributed by atoms with Crippen LogP contribution in [0.3, 0.4) is 0 Å². The van der Waals surface area contributed by atoms with Crippen LogP contribution in [0.5, 0.6) is 0 Å². The van der Waals surface area contributed by atoms with Gasteiger partial charge in [0.15, 0.2) is 0 Å². The Balaban J connectivity index is 2.10. The summed E-state index contributed by atoms with van der Waals surface area (Å²) in [6, 6.07) is 7.69. The standard InChI is InChI=1S/C17H16N2O3/c1-17(2)10-8-9-4-3-5-11-12(9)14(15(21)18-11)13(10)16(22)19(17)6-7-20/h3-5,8,20H,6-7H2,1-2H3,(H,18,21). The number of carbonyl (C=O) groups excluding carboxylic acids is 2. The molecule has 4 rings (SSSR count). The summed E-state index contributed by atoms with van der Waals surface area (Å²) in [6.45, 7) is 4.05. The van der Waals surface area contributed by atoms with Crippen molar-refractivity contribution in [2.45, 2.75) is 19.4 Å². The molecular formula is C17H16N2O3. The van der Waals surface area contributed by atoms with E-state index >= 15 is 0 Å². The lowest BCUT2D eigenvalue weighted by atomic mass is 9.88. The molecule has 5 nitrogen and oxygen atoms in total. The Bertz CT molecular complexity index is 855. The molecule has 0 aliphatic carbocycles. The van der Waals surface area contributed by atoms with E-state index in [0.717, 1.165) is 22.0 Å². The number of carbonyl (C=O) groups is 2. The van der Waals surface area contributed by atoms with Crippen LogP contribution in [-0.4, -0.2) is 35.0 Å². The second-order valence-corrected chi connectivity index (χ2v) is 6.27. The third-order valence-electron chi connectivity index (χ3n) is 4.76. The Morgan fingerprint density at radius 3 is 2.73 bits per heavy atom. The Morgan fingerprint density at radius 2 is 2.00 bits per heavy atom. The fourth-order valence-corrected chi connectivity index (χ4v) is 3.69. The lowest BCUT2D eigenvalue weighted by molar-refractivity contribution is 0.0561. The zero-order valence-corrected chi connectivity index (χ0v) is 12.4. The number of nitrogens with one attached hydrogen (secondary N) is 1. The van der Waals surface area contributed by atoms with Crippen LogP contribution in [0, 0.1) is 0 Å². The van der Waals surface area contributed by atoms with Crippen molar-refractivity contribution in [1.29, 1.82) is 0 Å². The number of hydrogen-bond donors (Lipinski definition) is 2. The van der Waals surface area contributed by atoms with Crippen LogP contribution < -0.4 is 5.32 Å². The number of β-amino-alcohol motifs (C(OH)–C–C–N with tert-alkyl or cyclic N) is 1. The summed E-state index contributed by atoms with van der Waals surface area (Å²) in [5.41, 5.74) is 2.02. The van der Waals surface area contributed by atoms with Gasteiger partial charge < -0.3 is 15.3 Å². The van der Waals surface area contributed by atoms with Crippen molar-refractivity contribution in [3.63, 3.8) is 0 Å². The molecule has 0 fully saturated rings. The van der Waals surface area contributed by atoms with E-state index in [1.54, 1.807) is 4.90 Å². The fourth-order valence-electron chi connectivity index (χ4n) is 3.69. The van der Waals surface area contributed by atoms with Crippen LogP contribution in [0.2, 0.25) is 0 Å². The average molecular weight is 296 g/mol. The largest absolute Gasteiger partial charge is 0.395 e. The van der Waals surface area contributed by atoms with E-state index in [2.05, 4.69) is 5.32 Å². The molecule has 2 aliphatic heterocycles. The molecule has 2 aromatic rings. The quantitative estimate of drug-likeness (QED) is 0.891. The summed E-state index contributed by atoms with van der Waals surface area (Å²) in [4.78, 5) is 26.9. The van der Waals surface area contributed by atoms with Crippen molar-refractivity contribution < 1.29 is 14.7 Å². The molecule has 2 N–H and O–H groups in total. The number of nitrogens with zero attached hydrogens (tertiary/aromatic N) is 1. The highest BCUT2D eigenvalue weighted by atomic mass is 16.3. The van der Waals surface area contributed by atoms with E-state index in [1.165, 1.54) is 0 Å². The Hall–Kier alpha value is -2.40. The first kappa shape index (κ1) is 13.3. The number of aliphatic hydroxyl groups excluding tert-OH is 1. The van der Waals surface area contributed by atoms with Gasteiger partial charge in [0.25, 0.3) is 11.8 Å². The molecule has 5 heteroatoms. The van der Waals surface area contributed by atoms with E-state index in [9.17, 15) is 14.7 Å². The van der Waals surface area contributed by atoms with Gasteiger partial charge in [-0.2, -0.15) is 0 Å². The summed E-state index contributed by atoms with van der Waals surface area (Å²) in [6.07, 6.45) is 0. The molecule has 22 heavy (non-hydrogen) atoms. The number of hydrogen-bond acceptors (Lipinski definition) is 3. The van der Waals surface area contributed by atoms with Crippen molar-refractivity contribution >= 4 is 28.3 Å². The molecule has 0 unspecified atom stereocenters. The van der Waals surface area contributed by atoms with Crippen LogP contribution in [0.4, 0.5) is 5.69 Å². The number of amides is 2. The smallest absolute Gasteiger partial charge is 0.257 e. The van der Waals surface area contributed by atoms with Gasteiger partial charge in [-0.15, -0.1) is 0 Å². The number of benzene rings is 2. The van der Waals surface area contributed by atoms with Gasteiger partial charge >= 0.3 is 0 Å². The van der Waals surface area contributed by atoms with Crippen molar-refractivity contribution in [3.05, 3.63) is 41.0 Å². The first-order valence-electron chi connectivity index (χ1n) is 7.31. The molecule has 2 amide bonds. The van der Waals surface area contributed by atoms with Gasteiger partial charge in [-0.25, -0.2) is 0 Å². The average Bonchev–Trinajstić information content (AvgIpc) is 2.90. The fraction of sp³-hybridized carbons (Fsp3) is 0.294. The summed E-state index contributed by atoms with van der Waals surface area (Å²) >= 11 is 0. The molecule has 0 atom stereocenters. The zero-order valence-electron chi connectivity index (χ0n) is 12.4. The van der Waals surface area contributed by atoms with E-state index in [1.807, 2.05) is 38.1 Å². The maximum absolute atomic E-state index is 12.8. The summed E-state index contributed by atoms with van der Waals surface area (Å²) in [5.74, 6) is -0.407. The molecule has 0 aromatic heterocycles. The van der Waals surface area contributed by atoms with Crippen LogP contribution in [0.1, 0.15) is 40.1 Å². The van der Waals surface area contributed by atoms with Gasteiger partial charge in [0.2, 0.25) is 0 Å². The SMILES string of the molecule is CC1(C)c2cc3cccc4c3c(c2C(=O)N1CCO)C(=O)N4. The number of rotatable bonds is 2. The number of aliphatic hydroxyl groups is 1. The molecule has 112 valence electrons. The van der Waals surface area contributed by atoms with Crippen LogP contribution in [0.25, 0.3) is 10.8 Å². The Morgan fingerprint density at radius 1 is 1.23 bits per heavy atom. The maximum atomic E-state index is 12.8. The van der Waals surface area contributed by atoms with Crippen LogP contribution in [0.15, 0.2) is 24.3 Å². The van der Waals surface area contributed by atoms with Crippen molar-refractivity contribution in [3.8, 4) is 0 Å². The minimum atomic E-state index is -0.543. The Labute approximate surface area is 127 Å². The molecule has 0 saturated carbocycles. The number of anilines is 1. The first-order valence-corrected chi connectivity index (χ1v) is 7.31. The first-order chi connectivity index (χ1) is 10.5. The summed E-state index contributed by atoms with van der Waals surface area (Å²) in [5, 5.41) is 13.9. The molecular weight excluding hydrogens is 280 g/mol. The highest BCUT2D eigenvalue weighted by Gasteiger charge is 2.46. The third kappa shape index (κ3) is 1.41. The summed E-state index contributed by atoms with van der Waals surface area (Å²) < 4.78 is 0. The van der Waals surface area contributed by atoms with Crippen molar-refractivity contribution in [2.75, 3.05) is 18.5 Å². The van der Waals surface area contributed by atoms with E-state index < -0.39 is 5.54 Å². The number of fused-ring (bicyclic) bond motifs is 2. The lowest BCUT2D eigenvalue weighted by Crippen LogP contribution is -2.40. The normalized spacial score (nSPS) is 18.0. The molecule has 0 saturated heterocycles. The van der Waals surface area contributed by atoms with Gasteiger partial charge in [0.1, 0.15) is 0 Å². The predicted molar refractivity (Wildman–Crippen MR) is 83.0 cm³/mol. The minimum Gasteiger partial charge on any atom is -0.395 e. The molecule has 2 aromatic carbocycles. The van der Waals surface area contributed by atoms with Crippen LogP contribution >= 0.6 is 0 Å². The topological polar surface area (TPSA) is 69.6 Å². The predicted octanol–water partition coefficient (Wildman–Crippen LogP) is 2.09. The second kappa shape index (κ2) is 4.08. The van der Waals surface area contributed by atoms with Crippen LogP contribution in [-0.2, 0) is 5.54 Å². The van der Waals surface area contributed by atoms with Gasteiger partial charge in [-0.1, -0.05) is 12.1 Å². The van der Waals surface area contributed by atoms with E-state index in [0.29, 0.717) is 11.1 Å². The highest BCUT2D eigenvalue weighted by Crippen LogP contribution is 2.46. The molecule has 2 aliphatic rings. The lowest BCUT2D eigenvalue weighted by Gasteiger charge is -2.32. The van der Waals surface area contributed by atoms with Crippen molar-refractivity contribution in [1.82, 2.24) is 4.90 Å². The van der Waals surface area contributed by atoms with Gasteiger partial charge in [0.05, 0.1) is 23.3 Å². The highest BCUT2D eigenvalue weighted by molar-refractivity contribution is 6.29. The van der Waals surface area contributed by atoms with Gasteiger partial charge in [-0.3, -0.25) is 9.59 Å². The minimum absolute atomic E-state index is 0.102. The van der Waals surface area contributed by atoms with Crippen molar-refractivity contribution in [2.24, 2.45) is 0 Å². The molecule has 0 radical (unpaired) electrons. The monoisotopic (exact) mass is 296 g/mol. The van der Waals surface area contributed by atoms with Gasteiger partial charge in [-0.05, 0) is 36.9 Å². The molecule has 0 bridgehead atoms. The Kier molecular flexibility index (Phi) is 2.46. The third-order valence-corrected chi connectivity index (χ3v) is 4.76. The molecule has 2 heterocycles. The zero-order chi connectivity index (χ0) is 15.6. The molecule has 0 spiro atoms.